The van der Waals surface area contributed by atoms with Crippen LogP contribution in [-0.2, 0) is 0 Å². The molecule has 0 saturated carbocycles. The number of aliphatic hydroxyl groups excluding tert-OH is 1. The molecule has 2 bridgehead atoms. The summed E-state index contributed by atoms with van der Waals surface area (Å²) in [4.78, 5) is 17.6. The SMILES string of the molecule is CCC1N(O)C2=C[N+]1(O)N2C1(C(=O)c2ccc(N(C)C)cc2)C=CC=CN1CCO.[Cl-]. The van der Waals surface area contributed by atoms with Gasteiger partial charge in [-0.3, -0.25) is 10.0 Å². The van der Waals surface area contributed by atoms with Gasteiger partial charge >= 0.3 is 0 Å². The Balaban J connectivity index is 0.00000272. The molecule has 1 aromatic rings. The van der Waals surface area contributed by atoms with E-state index in [1.165, 1.54) is 11.2 Å². The van der Waals surface area contributed by atoms with Gasteiger partial charge in [-0.05, 0) is 41.2 Å². The highest BCUT2D eigenvalue weighted by molar-refractivity contribution is 6.05. The lowest BCUT2D eigenvalue weighted by Crippen LogP contribution is -3.00. The van der Waals surface area contributed by atoms with Crippen molar-refractivity contribution < 1.29 is 37.5 Å². The molecule has 168 valence electrons. The molecule has 0 spiro atoms. The van der Waals surface area contributed by atoms with Gasteiger partial charge in [-0.1, -0.05) is 13.0 Å². The molecule has 4 aliphatic heterocycles. The topological polar surface area (TPSA) is 90.7 Å². The third-order valence-electron chi connectivity index (χ3n) is 5.95. The zero-order chi connectivity index (χ0) is 21.7. The lowest BCUT2D eigenvalue weighted by molar-refractivity contribution is -1.18. The van der Waals surface area contributed by atoms with E-state index in [2.05, 4.69) is 0 Å². The maximum absolute atomic E-state index is 14.0. The Bertz CT molecular complexity index is 934. The van der Waals surface area contributed by atoms with Gasteiger partial charge in [-0.2, -0.15) is 10.3 Å². The molecule has 0 radical (unpaired) electrons. The van der Waals surface area contributed by atoms with Crippen molar-refractivity contribution in [3.05, 3.63) is 66.3 Å². The maximum atomic E-state index is 14.0. The summed E-state index contributed by atoms with van der Waals surface area (Å²) >= 11 is 0. The van der Waals surface area contributed by atoms with Gasteiger partial charge in [0.05, 0.1) is 6.61 Å². The van der Waals surface area contributed by atoms with E-state index in [4.69, 9.17) is 0 Å². The van der Waals surface area contributed by atoms with Crippen molar-refractivity contribution in [1.29, 1.82) is 0 Å². The van der Waals surface area contributed by atoms with Crippen molar-refractivity contribution in [2.24, 2.45) is 0 Å². The van der Waals surface area contributed by atoms with Crippen molar-refractivity contribution in [3.8, 4) is 0 Å². The molecular weight excluding hydrogens is 422 g/mol. The zero-order valence-corrected chi connectivity index (χ0v) is 18.5. The summed E-state index contributed by atoms with van der Waals surface area (Å²) in [5.74, 6) is 0.0830. The summed E-state index contributed by atoms with van der Waals surface area (Å²) in [6.07, 6.45) is 8.28. The minimum atomic E-state index is -1.44. The van der Waals surface area contributed by atoms with E-state index in [1.54, 1.807) is 41.5 Å². The molecule has 0 amide bonds. The Kier molecular flexibility index (Phi) is 6.09. The number of carbonyl (C=O) groups is 1. The Morgan fingerprint density at radius 1 is 1.23 bits per heavy atom. The van der Waals surface area contributed by atoms with Gasteiger partial charge in [-0.25, -0.2) is 0 Å². The first-order valence-corrected chi connectivity index (χ1v) is 10.00. The molecule has 1 fully saturated rings. The van der Waals surface area contributed by atoms with Crippen LogP contribution in [0.25, 0.3) is 0 Å². The van der Waals surface area contributed by atoms with Gasteiger partial charge < -0.3 is 27.3 Å². The minimum absolute atomic E-state index is 0. The summed E-state index contributed by atoms with van der Waals surface area (Å²) in [6.45, 7) is 1.85. The van der Waals surface area contributed by atoms with E-state index in [0.717, 1.165) is 10.8 Å². The van der Waals surface area contributed by atoms with Crippen molar-refractivity contribution in [2.75, 3.05) is 32.1 Å². The summed E-state index contributed by atoms with van der Waals surface area (Å²) < 4.78 is -0.704. The first-order chi connectivity index (χ1) is 14.3. The van der Waals surface area contributed by atoms with Gasteiger partial charge in [0.25, 0.3) is 0 Å². The van der Waals surface area contributed by atoms with Crippen LogP contribution in [-0.4, -0.2) is 80.1 Å². The number of Topliss-reactive ketones (excluding diaryl/α,β-unsaturated/α-hetero) is 1. The largest absolute Gasteiger partial charge is 1.00 e. The fourth-order valence-electron chi connectivity index (χ4n) is 4.46. The van der Waals surface area contributed by atoms with E-state index < -0.39 is 16.6 Å². The van der Waals surface area contributed by atoms with Crippen LogP contribution in [0.3, 0.4) is 0 Å². The lowest BCUT2D eigenvalue weighted by Gasteiger charge is -2.51. The average Bonchev–Trinajstić information content (AvgIpc) is 3.11. The van der Waals surface area contributed by atoms with Crippen LogP contribution in [0.2, 0.25) is 0 Å². The van der Waals surface area contributed by atoms with Crippen LogP contribution < -0.4 is 17.3 Å². The van der Waals surface area contributed by atoms with Crippen LogP contribution in [0.4, 0.5) is 5.69 Å². The quantitative estimate of drug-likeness (QED) is 0.349. The third kappa shape index (κ3) is 3.12. The Morgan fingerprint density at radius 2 is 1.90 bits per heavy atom. The smallest absolute Gasteiger partial charge is 0.249 e. The van der Waals surface area contributed by atoms with Gasteiger partial charge in [0, 0.05) is 44.5 Å². The second-order valence-corrected chi connectivity index (χ2v) is 7.85. The van der Waals surface area contributed by atoms with Gasteiger partial charge in [0.1, 0.15) is 0 Å². The Hall–Kier alpha value is -2.56. The highest BCUT2D eigenvalue weighted by atomic mass is 35.5. The summed E-state index contributed by atoms with van der Waals surface area (Å²) in [5, 5.41) is 34.1. The number of hydroxylamine groups is 4. The van der Waals surface area contributed by atoms with Crippen LogP contribution >= 0.6 is 0 Å². The number of quaternary nitrogens is 1. The predicted molar refractivity (Wildman–Crippen MR) is 110 cm³/mol. The number of ketones is 1. The van der Waals surface area contributed by atoms with E-state index in [-0.39, 0.29) is 31.3 Å². The number of carbonyl (C=O) groups excluding carboxylic acids is 1. The summed E-state index contributed by atoms with van der Waals surface area (Å²) in [5.41, 5.74) is -0.0257. The molecule has 5 rings (SSSR count). The number of benzene rings is 1. The highest BCUT2D eigenvalue weighted by Crippen LogP contribution is 2.51. The van der Waals surface area contributed by atoms with Crippen molar-refractivity contribution >= 4 is 11.5 Å². The number of rotatable bonds is 7. The predicted octanol–water partition coefficient (Wildman–Crippen LogP) is -1.31. The van der Waals surface area contributed by atoms with Crippen LogP contribution in [0.1, 0.15) is 23.7 Å². The van der Waals surface area contributed by atoms with E-state index in [9.17, 15) is 20.3 Å². The molecule has 1 saturated heterocycles. The van der Waals surface area contributed by atoms with Crippen LogP contribution in [0, 0.1) is 0 Å². The Labute approximate surface area is 187 Å². The second-order valence-electron chi connectivity index (χ2n) is 7.85. The van der Waals surface area contributed by atoms with Crippen molar-refractivity contribution in [1.82, 2.24) is 15.0 Å². The lowest BCUT2D eigenvalue weighted by atomic mass is 9.92. The number of hydrogen-bond donors (Lipinski definition) is 3. The molecule has 3 atom stereocenters. The molecule has 1 aromatic carbocycles. The zero-order valence-electron chi connectivity index (χ0n) is 17.8. The number of anilines is 1. The number of fused-ring (bicyclic) bond motifs is 1. The second kappa shape index (κ2) is 8.18. The Morgan fingerprint density at radius 3 is 2.45 bits per heavy atom. The monoisotopic (exact) mass is 449 g/mol. The molecule has 0 aliphatic carbocycles. The van der Waals surface area contributed by atoms with Gasteiger partial charge in [0.2, 0.25) is 29.6 Å². The fraction of sp³-hybridized carbons (Fsp3) is 0.381. The first kappa shape index (κ1) is 23.1. The number of β-amino-alcohol motifs (C(OH)–C–C–N with tert-alkyl or cyclic N) is 1. The molecule has 10 heteroatoms. The number of aliphatic hydroxyl groups is 1. The average molecular weight is 450 g/mol. The molecule has 4 heterocycles. The molecule has 4 aliphatic rings. The van der Waals surface area contributed by atoms with E-state index in [1.807, 2.05) is 38.1 Å². The highest BCUT2D eigenvalue weighted by Gasteiger charge is 2.73. The molecule has 0 aromatic heterocycles. The number of allylic oxidation sites excluding steroid dienone is 2. The van der Waals surface area contributed by atoms with Crippen LogP contribution in [0.15, 0.2) is 60.7 Å². The summed E-state index contributed by atoms with van der Waals surface area (Å²) in [7, 11) is 3.85. The van der Waals surface area contributed by atoms with Crippen LogP contribution in [0.5, 0.6) is 0 Å². The molecule has 9 nitrogen and oxygen atoms in total. The van der Waals surface area contributed by atoms with Gasteiger partial charge in [-0.15, -0.1) is 5.01 Å². The number of nitrogens with zero attached hydrogens (tertiary/aromatic N) is 5. The normalized spacial score (nSPS) is 28.3. The third-order valence-corrected chi connectivity index (χ3v) is 5.95. The minimum Gasteiger partial charge on any atom is -1.00 e. The van der Waals surface area contributed by atoms with E-state index in [0.29, 0.717) is 17.8 Å². The van der Waals surface area contributed by atoms with Gasteiger partial charge in [0.15, 0.2) is 0 Å². The van der Waals surface area contributed by atoms with Crippen molar-refractivity contribution in [2.45, 2.75) is 25.2 Å². The van der Waals surface area contributed by atoms with Crippen molar-refractivity contribution in [3.63, 3.8) is 0 Å². The number of hydrogen-bond acceptors (Lipinski definition) is 8. The van der Waals surface area contributed by atoms with E-state index >= 15 is 0 Å². The first-order valence-electron chi connectivity index (χ1n) is 10.00. The molecule has 31 heavy (non-hydrogen) atoms. The summed E-state index contributed by atoms with van der Waals surface area (Å²) in [6, 6.07) is 7.23. The molecule has 3 N–H and O–H groups in total. The molecule has 3 unspecified atom stereocenters. The number of halogens is 1. The standard InChI is InChI=1S/C21H28N5O4.ClH/c1-4-19-24(29)18-15-26(19,30)25(18)21(11-5-6-12-23(21)13-14-27)20(28)16-7-9-17(10-8-16)22(2)3;/h5-12,15,19,27,29-30H,4,13-14H2,1-3H3;1H/q+1;/p-1. The molecular formula is C21H28ClN5O4. The maximum Gasteiger partial charge on any atom is 0.249 e. The fourth-order valence-corrected chi connectivity index (χ4v) is 4.46.